The summed E-state index contributed by atoms with van der Waals surface area (Å²) in [6.45, 7) is 0. The average molecular weight is 206 g/mol. The largest absolute Gasteiger partial charge is 0.308 e. The molecule has 1 aliphatic rings. The molecule has 0 spiro atoms. The van der Waals surface area contributed by atoms with Gasteiger partial charge in [-0.25, -0.2) is 0 Å². The normalized spacial score (nSPS) is 24.6. The van der Waals surface area contributed by atoms with Gasteiger partial charge in [-0.05, 0) is 25.8 Å². The summed E-state index contributed by atoms with van der Waals surface area (Å²) in [6, 6.07) is 0. The van der Waals surface area contributed by atoms with E-state index in [0.29, 0.717) is 4.95 Å². The fraction of sp³-hybridized carbons (Fsp3) is 1.00. The Bertz CT molecular complexity index is 89.3. The van der Waals surface area contributed by atoms with E-state index in [1.807, 2.05) is 7.05 Å². The van der Waals surface area contributed by atoms with Crippen molar-refractivity contribution in [3.63, 3.8) is 0 Å². The summed E-state index contributed by atoms with van der Waals surface area (Å²) >= 11 is 3.63. The second kappa shape index (κ2) is 4.35. The second-order valence-corrected chi connectivity index (χ2v) is 4.08. The Morgan fingerprint density at radius 2 is 1.90 bits per heavy atom. The first-order valence-corrected chi connectivity index (χ1v) is 5.07. The van der Waals surface area contributed by atoms with Crippen LogP contribution in [0.5, 0.6) is 0 Å². The van der Waals surface area contributed by atoms with Crippen molar-refractivity contribution in [3.05, 3.63) is 0 Å². The van der Waals surface area contributed by atoms with Crippen LogP contribution < -0.4 is 5.32 Å². The van der Waals surface area contributed by atoms with Crippen LogP contribution in [0.3, 0.4) is 0 Å². The maximum Gasteiger partial charge on any atom is 0.0656 e. The van der Waals surface area contributed by atoms with Gasteiger partial charge >= 0.3 is 0 Å². The maximum absolute atomic E-state index is 3.63. The second-order valence-electron chi connectivity index (χ2n) is 3.09. The Morgan fingerprint density at radius 1 is 1.30 bits per heavy atom. The first-order valence-electron chi connectivity index (χ1n) is 4.16. The average Bonchev–Trinajstić information content (AvgIpc) is 2.05. The number of hydrogen-bond donors (Lipinski definition) is 1. The maximum atomic E-state index is 3.63. The molecule has 0 aromatic carbocycles. The van der Waals surface area contributed by atoms with E-state index >= 15 is 0 Å². The zero-order valence-corrected chi connectivity index (χ0v) is 8.15. The van der Waals surface area contributed by atoms with Crippen molar-refractivity contribution in [2.24, 2.45) is 5.92 Å². The summed E-state index contributed by atoms with van der Waals surface area (Å²) in [7, 11) is 2.02. The van der Waals surface area contributed by atoms with Gasteiger partial charge in [-0.1, -0.05) is 35.2 Å². The lowest BCUT2D eigenvalue weighted by Gasteiger charge is -2.25. The smallest absolute Gasteiger partial charge is 0.0656 e. The van der Waals surface area contributed by atoms with Gasteiger partial charge in [0.2, 0.25) is 0 Å². The number of nitrogens with one attached hydrogen (secondary N) is 1. The topological polar surface area (TPSA) is 12.0 Å². The zero-order valence-electron chi connectivity index (χ0n) is 6.57. The first-order chi connectivity index (χ1) is 4.84. The van der Waals surface area contributed by atoms with Crippen LogP contribution in [0.4, 0.5) is 0 Å². The molecular weight excluding hydrogens is 190 g/mol. The standard InChI is InChI=1S/C8H16BrN/c1-10-8(9)7-5-3-2-4-6-7/h7-8,10H,2-6H2,1H3. The highest BCUT2D eigenvalue weighted by molar-refractivity contribution is 9.09. The van der Waals surface area contributed by atoms with Crippen molar-refractivity contribution in [2.75, 3.05) is 7.05 Å². The molecule has 1 unspecified atom stereocenters. The minimum atomic E-state index is 0.549. The molecule has 10 heavy (non-hydrogen) atoms. The summed E-state index contributed by atoms with van der Waals surface area (Å²) in [4.78, 5) is 0.549. The Balaban J connectivity index is 2.24. The molecule has 0 radical (unpaired) electrons. The Hall–Kier alpha value is 0.440. The molecule has 1 N–H and O–H groups in total. The summed E-state index contributed by atoms with van der Waals surface area (Å²) in [6.07, 6.45) is 7.09. The SMILES string of the molecule is CNC(Br)C1CCCCC1. The van der Waals surface area contributed by atoms with Crippen molar-refractivity contribution in [3.8, 4) is 0 Å². The van der Waals surface area contributed by atoms with Crippen molar-refractivity contribution in [1.29, 1.82) is 0 Å². The highest BCUT2D eigenvalue weighted by atomic mass is 79.9. The van der Waals surface area contributed by atoms with Crippen LogP contribution in [0.25, 0.3) is 0 Å². The molecule has 1 aliphatic carbocycles. The molecule has 1 fully saturated rings. The molecule has 1 nitrogen and oxygen atoms in total. The molecule has 0 amide bonds. The van der Waals surface area contributed by atoms with E-state index in [9.17, 15) is 0 Å². The lowest BCUT2D eigenvalue weighted by molar-refractivity contribution is 0.336. The number of alkyl halides is 1. The molecule has 0 heterocycles. The zero-order chi connectivity index (χ0) is 7.40. The molecule has 0 aromatic heterocycles. The van der Waals surface area contributed by atoms with E-state index in [0.717, 1.165) is 5.92 Å². The molecular formula is C8H16BrN. The fourth-order valence-corrected chi connectivity index (χ4v) is 2.19. The third-order valence-electron chi connectivity index (χ3n) is 2.34. The van der Waals surface area contributed by atoms with Crippen LogP contribution in [0, 0.1) is 5.92 Å². The molecule has 0 aliphatic heterocycles. The van der Waals surface area contributed by atoms with Gasteiger partial charge in [0, 0.05) is 0 Å². The molecule has 1 rings (SSSR count). The van der Waals surface area contributed by atoms with Crippen LogP contribution in [0.1, 0.15) is 32.1 Å². The molecule has 1 saturated carbocycles. The molecule has 60 valence electrons. The predicted molar refractivity (Wildman–Crippen MR) is 48.3 cm³/mol. The van der Waals surface area contributed by atoms with Gasteiger partial charge in [-0.15, -0.1) is 0 Å². The minimum absolute atomic E-state index is 0.549. The third-order valence-corrected chi connectivity index (χ3v) is 3.54. The lowest BCUT2D eigenvalue weighted by Crippen LogP contribution is -2.28. The molecule has 0 bridgehead atoms. The van der Waals surface area contributed by atoms with Crippen molar-refractivity contribution in [2.45, 2.75) is 37.1 Å². The Morgan fingerprint density at radius 3 is 2.40 bits per heavy atom. The van der Waals surface area contributed by atoms with Gasteiger partial charge in [0.05, 0.1) is 4.95 Å². The monoisotopic (exact) mass is 205 g/mol. The van der Waals surface area contributed by atoms with E-state index in [4.69, 9.17) is 0 Å². The van der Waals surface area contributed by atoms with Gasteiger partial charge in [0.1, 0.15) is 0 Å². The fourth-order valence-electron chi connectivity index (χ4n) is 1.66. The predicted octanol–water partition coefficient (Wildman–Crippen LogP) is 2.51. The Kier molecular flexibility index (Phi) is 3.71. The minimum Gasteiger partial charge on any atom is -0.308 e. The third kappa shape index (κ3) is 2.24. The molecule has 1 atom stereocenters. The van der Waals surface area contributed by atoms with Crippen molar-refractivity contribution in [1.82, 2.24) is 5.32 Å². The van der Waals surface area contributed by atoms with Gasteiger partial charge < -0.3 is 5.32 Å². The summed E-state index contributed by atoms with van der Waals surface area (Å²) < 4.78 is 0. The van der Waals surface area contributed by atoms with Crippen LogP contribution in [0.15, 0.2) is 0 Å². The van der Waals surface area contributed by atoms with E-state index in [1.165, 1.54) is 32.1 Å². The molecule has 0 saturated heterocycles. The summed E-state index contributed by atoms with van der Waals surface area (Å²) in [5, 5.41) is 3.25. The highest BCUT2D eigenvalue weighted by Gasteiger charge is 2.19. The Labute approximate surface area is 71.7 Å². The van der Waals surface area contributed by atoms with Gasteiger partial charge in [0.15, 0.2) is 0 Å². The number of halogens is 1. The summed E-state index contributed by atoms with van der Waals surface area (Å²) in [5.41, 5.74) is 0. The summed E-state index contributed by atoms with van der Waals surface area (Å²) in [5.74, 6) is 0.874. The first kappa shape index (κ1) is 8.54. The van der Waals surface area contributed by atoms with E-state index in [2.05, 4.69) is 21.2 Å². The van der Waals surface area contributed by atoms with Crippen LogP contribution in [0.2, 0.25) is 0 Å². The van der Waals surface area contributed by atoms with Crippen molar-refractivity contribution < 1.29 is 0 Å². The van der Waals surface area contributed by atoms with Gasteiger partial charge in [0.25, 0.3) is 0 Å². The van der Waals surface area contributed by atoms with Crippen LogP contribution in [-0.4, -0.2) is 12.0 Å². The van der Waals surface area contributed by atoms with E-state index in [1.54, 1.807) is 0 Å². The lowest BCUT2D eigenvalue weighted by atomic mass is 9.89. The number of hydrogen-bond acceptors (Lipinski definition) is 1. The molecule has 2 heteroatoms. The van der Waals surface area contributed by atoms with Crippen molar-refractivity contribution >= 4 is 15.9 Å². The number of rotatable bonds is 2. The van der Waals surface area contributed by atoms with E-state index in [-0.39, 0.29) is 0 Å². The highest BCUT2D eigenvalue weighted by Crippen LogP contribution is 2.28. The van der Waals surface area contributed by atoms with Gasteiger partial charge in [-0.3, -0.25) is 0 Å². The van der Waals surface area contributed by atoms with Crippen LogP contribution >= 0.6 is 15.9 Å². The van der Waals surface area contributed by atoms with E-state index < -0.39 is 0 Å². The van der Waals surface area contributed by atoms with Gasteiger partial charge in [-0.2, -0.15) is 0 Å². The van der Waals surface area contributed by atoms with Crippen LogP contribution in [-0.2, 0) is 0 Å². The quantitative estimate of drug-likeness (QED) is 0.540. The molecule has 0 aromatic rings.